The third-order valence-electron chi connectivity index (χ3n) is 3.09. The molecule has 0 spiro atoms. The van der Waals surface area contributed by atoms with E-state index in [9.17, 15) is 14.7 Å². The third-order valence-corrected chi connectivity index (χ3v) is 3.09. The number of likely N-dealkylation sites (tertiary alicyclic amines) is 1. The molecule has 1 aliphatic rings. The van der Waals surface area contributed by atoms with Crippen LogP contribution in [0.25, 0.3) is 0 Å². The van der Waals surface area contributed by atoms with E-state index in [2.05, 4.69) is 0 Å². The Bertz CT molecular complexity index is 486. The first-order valence-electron chi connectivity index (χ1n) is 5.77. The van der Waals surface area contributed by atoms with Crippen LogP contribution in [-0.2, 0) is 4.79 Å². The highest BCUT2D eigenvalue weighted by Crippen LogP contribution is 2.21. The van der Waals surface area contributed by atoms with Gasteiger partial charge >= 0.3 is 5.97 Å². The number of nitrogens with zero attached hydrogens (tertiary/aromatic N) is 1. The molecule has 0 aliphatic carbocycles. The largest absolute Gasteiger partial charge is 0.480 e. The molecule has 96 valence electrons. The zero-order valence-electron chi connectivity index (χ0n) is 10.0. The standard InChI is InChI=1S/C13H15NO4/c1-8-3-2-4-9(5-8)12(16)14-7-10(15)6-11(14)13(17)18/h2-5,10-11,15H,6-7H2,1H3,(H,17,18)/t10-,11-/m1/s1. The highest BCUT2D eigenvalue weighted by atomic mass is 16.4. The predicted molar refractivity (Wildman–Crippen MR) is 64.3 cm³/mol. The fourth-order valence-electron chi connectivity index (χ4n) is 2.22. The molecule has 0 unspecified atom stereocenters. The summed E-state index contributed by atoms with van der Waals surface area (Å²) in [6, 6.07) is 6.05. The Morgan fingerprint density at radius 3 is 2.72 bits per heavy atom. The molecule has 2 N–H and O–H groups in total. The lowest BCUT2D eigenvalue weighted by atomic mass is 10.1. The van der Waals surface area contributed by atoms with Crippen LogP contribution in [0.15, 0.2) is 24.3 Å². The number of aliphatic hydroxyl groups is 1. The average Bonchev–Trinajstić information content (AvgIpc) is 2.70. The number of aliphatic carboxylic acids is 1. The van der Waals surface area contributed by atoms with Crippen LogP contribution in [0, 0.1) is 6.92 Å². The number of benzene rings is 1. The zero-order valence-corrected chi connectivity index (χ0v) is 10.0. The molecule has 0 radical (unpaired) electrons. The minimum absolute atomic E-state index is 0.0732. The molecule has 18 heavy (non-hydrogen) atoms. The summed E-state index contributed by atoms with van der Waals surface area (Å²) in [6.07, 6.45) is -0.674. The van der Waals surface area contributed by atoms with E-state index < -0.39 is 18.1 Å². The van der Waals surface area contributed by atoms with Crippen molar-refractivity contribution in [2.24, 2.45) is 0 Å². The Balaban J connectivity index is 2.25. The maximum atomic E-state index is 12.2. The summed E-state index contributed by atoms with van der Waals surface area (Å²) < 4.78 is 0. The Labute approximate surface area is 105 Å². The number of carboxylic acid groups (broad SMARTS) is 1. The summed E-state index contributed by atoms with van der Waals surface area (Å²) in [5.74, 6) is -1.42. The molecule has 2 rings (SSSR count). The van der Waals surface area contributed by atoms with Gasteiger partial charge in [-0.2, -0.15) is 0 Å². The molecule has 1 aliphatic heterocycles. The number of carbonyl (C=O) groups excluding carboxylic acids is 1. The van der Waals surface area contributed by atoms with E-state index in [1.54, 1.807) is 18.2 Å². The molecule has 5 heteroatoms. The van der Waals surface area contributed by atoms with Gasteiger partial charge in [0.15, 0.2) is 0 Å². The van der Waals surface area contributed by atoms with Gasteiger partial charge in [0, 0.05) is 18.5 Å². The molecule has 2 atom stereocenters. The van der Waals surface area contributed by atoms with E-state index in [4.69, 9.17) is 5.11 Å². The Morgan fingerprint density at radius 1 is 1.39 bits per heavy atom. The van der Waals surface area contributed by atoms with E-state index in [1.165, 1.54) is 4.90 Å². The van der Waals surface area contributed by atoms with Crippen LogP contribution >= 0.6 is 0 Å². The van der Waals surface area contributed by atoms with Crippen LogP contribution in [-0.4, -0.2) is 45.7 Å². The number of carboxylic acids is 1. The number of rotatable bonds is 2. The van der Waals surface area contributed by atoms with E-state index in [-0.39, 0.29) is 18.9 Å². The molecule has 0 bridgehead atoms. The summed E-state index contributed by atoms with van der Waals surface area (Å²) in [5.41, 5.74) is 1.39. The van der Waals surface area contributed by atoms with Gasteiger partial charge in [0.1, 0.15) is 6.04 Å². The van der Waals surface area contributed by atoms with Gasteiger partial charge in [0.2, 0.25) is 0 Å². The second-order valence-electron chi connectivity index (χ2n) is 4.57. The first-order chi connectivity index (χ1) is 8.49. The molecule has 1 fully saturated rings. The SMILES string of the molecule is Cc1cccc(C(=O)N2C[C@H](O)C[C@@H]2C(=O)O)c1. The Kier molecular flexibility index (Phi) is 3.34. The van der Waals surface area contributed by atoms with Gasteiger partial charge in [-0.15, -0.1) is 0 Å². The van der Waals surface area contributed by atoms with Crippen LogP contribution in [0.5, 0.6) is 0 Å². The minimum Gasteiger partial charge on any atom is -0.480 e. The summed E-state index contributed by atoms with van der Waals surface area (Å²) in [7, 11) is 0. The van der Waals surface area contributed by atoms with Gasteiger partial charge in [-0.25, -0.2) is 4.79 Å². The second-order valence-corrected chi connectivity index (χ2v) is 4.57. The lowest BCUT2D eigenvalue weighted by Crippen LogP contribution is -2.40. The van der Waals surface area contributed by atoms with Crippen molar-refractivity contribution in [2.75, 3.05) is 6.54 Å². The Hall–Kier alpha value is -1.88. The number of aliphatic hydroxyl groups excluding tert-OH is 1. The number of β-amino-alcohol motifs (C(OH)–C–C–N with tert-alkyl or cyclic N) is 1. The fourth-order valence-corrected chi connectivity index (χ4v) is 2.22. The van der Waals surface area contributed by atoms with E-state index in [0.717, 1.165) is 5.56 Å². The normalized spacial score (nSPS) is 23.1. The van der Waals surface area contributed by atoms with Crippen molar-refractivity contribution < 1.29 is 19.8 Å². The van der Waals surface area contributed by atoms with Crippen molar-refractivity contribution >= 4 is 11.9 Å². The van der Waals surface area contributed by atoms with Gasteiger partial charge in [-0.05, 0) is 19.1 Å². The summed E-state index contributed by atoms with van der Waals surface area (Å²) >= 11 is 0. The van der Waals surface area contributed by atoms with Crippen molar-refractivity contribution in [3.8, 4) is 0 Å². The monoisotopic (exact) mass is 249 g/mol. The molecular formula is C13H15NO4. The van der Waals surface area contributed by atoms with E-state index >= 15 is 0 Å². The molecule has 5 nitrogen and oxygen atoms in total. The van der Waals surface area contributed by atoms with Crippen LogP contribution in [0.1, 0.15) is 22.3 Å². The number of aryl methyl sites for hydroxylation is 1. The average molecular weight is 249 g/mol. The number of amides is 1. The molecule has 1 aromatic carbocycles. The van der Waals surface area contributed by atoms with E-state index in [1.807, 2.05) is 13.0 Å². The Morgan fingerprint density at radius 2 is 2.11 bits per heavy atom. The van der Waals surface area contributed by atoms with Crippen molar-refractivity contribution in [3.05, 3.63) is 35.4 Å². The van der Waals surface area contributed by atoms with Crippen LogP contribution in [0.4, 0.5) is 0 Å². The summed E-state index contributed by atoms with van der Waals surface area (Å²) in [6.45, 7) is 1.94. The van der Waals surface area contributed by atoms with Crippen LogP contribution in [0.3, 0.4) is 0 Å². The maximum absolute atomic E-state index is 12.2. The van der Waals surface area contributed by atoms with Crippen molar-refractivity contribution in [3.63, 3.8) is 0 Å². The molecule has 1 heterocycles. The van der Waals surface area contributed by atoms with Gasteiger partial charge < -0.3 is 15.1 Å². The van der Waals surface area contributed by atoms with Crippen molar-refractivity contribution in [1.82, 2.24) is 4.90 Å². The van der Waals surface area contributed by atoms with Crippen LogP contribution < -0.4 is 0 Å². The first-order valence-corrected chi connectivity index (χ1v) is 5.77. The predicted octanol–water partition coefficient (Wildman–Crippen LogP) is 0.655. The summed E-state index contributed by atoms with van der Waals surface area (Å²) in [4.78, 5) is 24.5. The quantitative estimate of drug-likeness (QED) is 0.807. The molecule has 1 aromatic rings. The number of carbonyl (C=O) groups is 2. The first kappa shape index (κ1) is 12.6. The van der Waals surface area contributed by atoms with Gasteiger partial charge in [0.05, 0.1) is 6.10 Å². The molecule has 1 amide bonds. The van der Waals surface area contributed by atoms with Gasteiger partial charge in [-0.1, -0.05) is 17.7 Å². The lowest BCUT2D eigenvalue weighted by molar-refractivity contribution is -0.141. The van der Waals surface area contributed by atoms with E-state index in [0.29, 0.717) is 5.56 Å². The van der Waals surface area contributed by atoms with Crippen LogP contribution in [0.2, 0.25) is 0 Å². The van der Waals surface area contributed by atoms with Gasteiger partial charge in [-0.3, -0.25) is 4.79 Å². The van der Waals surface area contributed by atoms with Gasteiger partial charge in [0.25, 0.3) is 5.91 Å². The van der Waals surface area contributed by atoms with Crippen molar-refractivity contribution in [2.45, 2.75) is 25.5 Å². The van der Waals surface area contributed by atoms with Crippen molar-refractivity contribution in [1.29, 1.82) is 0 Å². The molecule has 0 saturated carbocycles. The zero-order chi connectivity index (χ0) is 13.3. The lowest BCUT2D eigenvalue weighted by Gasteiger charge is -2.21. The minimum atomic E-state index is -1.08. The second kappa shape index (κ2) is 4.78. The smallest absolute Gasteiger partial charge is 0.326 e. The fraction of sp³-hybridized carbons (Fsp3) is 0.385. The maximum Gasteiger partial charge on any atom is 0.326 e. The molecular weight excluding hydrogens is 234 g/mol. The number of hydrogen-bond donors (Lipinski definition) is 2. The molecule has 0 aromatic heterocycles. The highest BCUT2D eigenvalue weighted by molar-refractivity contribution is 5.97. The highest BCUT2D eigenvalue weighted by Gasteiger charge is 2.39. The summed E-state index contributed by atoms with van der Waals surface area (Å²) in [5, 5.41) is 18.6. The molecule has 1 saturated heterocycles. The third kappa shape index (κ3) is 2.36. The topological polar surface area (TPSA) is 77.8 Å². The number of hydrogen-bond acceptors (Lipinski definition) is 3.